The summed E-state index contributed by atoms with van der Waals surface area (Å²) in [6.45, 7) is 14.0. The summed E-state index contributed by atoms with van der Waals surface area (Å²) in [5.74, 6) is 0. The van der Waals surface area contributed by atoms with Crippen LogP contribution in [-0.4, -0.2) is 74.2 Å². The van der Waals surface area contributed by atoms with Crippen LogP contribution in [0.4, 0.5) is 5.69 Å². The number of rotatable bonds is 7. The van der Waals surface area contributed by atoms with Crippen molar-refractivity contribution in [2.45, 2.75) is 45.2 Å². The molecule has 0 amide bonds. The summed E-state index contributed by atoms with van der Waals surface area (Å²) in [7, 11) is 0. The molecule has 182 valence electrons. The molecule has 1 aliphatic carbocycles. The minimum absolute atomic E-state index is 0.646. The zero-order valence-electron chi connectivity index (χ0n) is 20.8. The molecule has 0 spiro atoms. The lowest BCUT2D eigenvalue weighted by molar-refractivity contribution is 0.108. The lowest BCUT2D eigenvalue weighted by Gasteiger charge is -2.37. The van der Waals surface area contributed by atoms with E-state index in [1.165, 1.54) is 73.5 Å². The molecule has 0 unspecified atom stereocenters. The van der Waals surface area contributed by atoms with Crippen molar-refractivity contribution >= 4 is 28.9 Å². The van der Waals surface area contributed by atoms with Gasteiger partial charge in [-0.3, -0.25) is 9.80 Å². The van der Waals surface area contributed by atoms with Gasteiger partial charge in [-0.25, -0.2) is 0 Å². The molecule has 1 N–H and O–H groups in total. The number of piperazine rings is 1. The molecule has 2 heterocycles. The molecule has 0 radical (unpaired) electrons. The first-order valence-corrected chi connectivity index (χ1v) is 13.5. The fourth-order valence-corrected chi connectivity index (χ4v) is 5.85. The molecule has 3 aliphatic rings. The van der Waals surface area contributed by atoms with Gasteiger partial charge in [0.05, 0.1) is 0 Å². The average molecular weight is 479 g/mol. The van der Waals surface area contributed by atoms with Gasteiger partial charge in [0.25, 0.3) is 0 Å². The van der Waals surface area contributed by atoms with Crippen LogP contribution in [0.2, 0.25) is 5.02 Å². The van der Waals surface area contributed by atoms with Gasteiger partial charge in [0.2, 0.25) is 0 Å². The molecule has 0 atom stereocenters. The average Bonchev–Trinajstić information content (AvgIpc) is 3.28. The highest BCUT2D eigenvalue weighted by atomic mass is 35.5. The minimum atomic E-state index is 0.646. The topological polar surface area (TPSA) is 21.8 Å². The highest BCUT2D eigenvalue weighted by molar-refractivity contribution is 6.30. The summed E-state index contributed by atoms with van der Waals surface area (Å²) in [6.07, 6.45) is 5.74. The Morgan fingerprint density at radius 1 is 0.971 bits per heavy atom. The third kappa shape index (κ3) is 5.68. The third-order valence-electron chi connectivity index (χ3n) is 7.89. The Bertz CT molecular complexity index is 1000. The van der Waals surface area contributed by atoms with E-state index in [1.54, 1.807) is 0 Å². The molecule has 2 aromatic carbocycles. The van der Waals surface area contributed by atoms with E-state index in [0.29, 0.717) is 12.1 Å². The van der Waals surface area contributed by atoms with Gasteiger partial charge < -0.3 is 10.2 Å². The van der Waals surface area contributed by atoms with E-state index in [9.17, 15) is 0 Å². The number of hydrogen-bond acceptors (Lipinski definition) is 4. The summed E-state index contributed by atoms with van der Waals surface area (Å²) in [4.78, 5) is 7.77. The number of anilines is 1. The molecule has 0 bridgehead atoms. The van der Waals surface area contributed by atoms with E-state index < -0.39 is 0 Å². The second-order valence-electron chi connectivity index (χ2n) is 10.4. The van der Waals surface area contributed by atoms with Crippen LogP contribution < -0.4 is 10.2 Å². The summed E-state index contributed by atoms with van der Waals surface area (Å²) in [5.41, 5.74) is 6.72. The van der Waals surface area contributed by atoms with Crippen LogP contribution >= 0.6 is 11.6 Å². The standard InChI is InChI=1S/C29H39ClN4/c1-22(2)33-16-14-32(15-17-33)13-10-31-28-8-11-34(12-9-28)29-5-3-4-23(21-29)25-18-24-6-7-27(30)20-26(24)19-25/h3-7,19-22,28,31H,8-18H2,1-2H3. The predicted molar refractivity (Wildman–Crippen MR) is 146 cm³/mol. The zero-order chi connectivity index (χ0) is 23.5. The summed E-state index contributed by atoms with van der Waals surface area (Å²) in [6, 6.07) is 16.7. The van der Waals surface area contributed by atoms with Crippen molar-refractivity contribution in [1.82, 2.24) is 15.1 Å². The van der Waals surface area contributed by atoms with Crippen LogP contribution in [0.25, 0.3) is 11.6 Å². The van der Waals surface area contributed by atoms with Gasteiger partial charge >= 0.3 is 0 Å². The van der Waals surface area contributed by atoms with Crippen molar-refractivity contribution in [2.24, 2.45) is 0 Å². The smallest absolute Gasteiger partial charge is 0.0412 e. The summed E-state index contributed by atoms with van der Waals surface area (Å²) < 4.78 is 0. The lowest BCUT2D eigenvalue weighted by atomic mass is 10.0. The zero-order valence-corrected chi connectivity index (χ0v) is 21.5. The van der Waals surface area contributed by atoms with Crippen LogP contribution in [0.15, 0.2) is 42.5 Å². The number of hydrogen-bond donors (Lipinski definition) is 1. The number of fused-ring (bicyclic) bond motifs is 1. The molecule has 0 aromatic heterocycles. The Hall–Kier alpha value is -1.85. The first-order valence-electron chi connectivity index (χ1n) is 13.1. The molecule has 2 saturated heterocycles. The Balaban J connectivity index is 1.08. The first kappa shape index (κ1) is 23.9. The number of nitrogens with zero attached hydrogens (tertiary/aromatic N) is 3. The largest absolute Gasteiger partial charge is 0.371 e. The number of allylic oxidation sites excluding steroid dienone is 1. The van der Waals surface area contributed by atoms with Crippen molar-refractivity contribution < 1.29 is 0 Å². The van der Waals surface area contributed by atoms with Crippen molar-refractivity contribution in [3.05, 3.63) is 64.2 Å². The van der Waals surface area contributed by atoms with Gasteiger partial charge in [-0.15, -0.1) is 0 Å². The van der Waals surface area contributed by atoms with E-state index in [-0.39, 0.29) is 0 Å². The fraction of sp³-hybridized carbons (Fsp3) is 0.517. The maximum Gasteiger partial charge on any atom is 0.0412 e. The van der Waals surface area contributed by atoms with Gasteiger partial charge in [-0.05, 0) is 79.6 Å². The Labute approximate surface area is 210 Å². The molecule has 2 aromatic rings. The van der Waals surface area contributed by atoms with Gasteiger partial charge in [-0.1, -0.05) is 35.9 Å². The molecule has 4 nitrogen and oxygen atoms in total. The molecule has 5 rings (SSSR count). The Morgan fingerprint density at radius 2 is 1.76 bits per heavy atom. The van der Waals surface area contributed by atoms with E-state index in [4.69, 9.17) is 11.6 Å². The maximum atomic E-state index is 6.20. The molecule has 5 heteroatoms. The molecular formula is C29H39ClN4. The fourth-order valence-electron chi connectivity index (χ4n) is 5.66. The van der Waals surface area contributed by atoms with Crippen LogP contribution in [0, 0.1) is 0 Å². The van der Waals surface area contributed by atoms with Crippen molar-refractivity contribution in [1.29, 1.82) is 0 Å². The highest BCUT2D eigenvalue weighted by Gasteiger charge is 2.22. The minimum Gasteiger partial charge on any atom is -0.371 e. The van der Waals surface area contributed by atoms with E-state index in [2.05, 4.69) is 76.3 Å². The normalized spacial score (nSPS) is 20.1. The van der Waals surface area contributed by atoms with Crippen LogP contribution in [-0.2, 0) is 6.42 Å². The highest BCUT2D eigenvalue weighted by Crippen LogP contribution is 2.34. The number of piperidine rings is 1. The van der Waals surface area contributed by atoms with Gasteiger partial charge in [0.15, 0.2) is 0 Å². The number of nitrogens with one attached hydrogen (secondary N) is 1. The van der Waals surface area contributed by atoms with E-state index >= 15 is 0 Å². The molecule has 2 fully saturated rings. The second kappa shape index (κ2) is 10.8. The van der Waals surface area contributed by atoms with E-state index in [1.807, 2.05) is 6.07 Å². The van der Waals surface area contributed by atoms with Gasteiger partial charge in [0.1, 0.15) is 0 Å². The Morgan fingerprint density at radius 3 is 2.53 bits per heavy atom. The molecule has 34 heavy (non-hydrogen) atoms. The Kier molecular flexibility index (Phi) is 7.60. The van der Waals surface area contributed by atoms with Gasteiger partial charge in [0, 0.05) is 75.2 Å². The monoisotopic (exact) mass is 478 g/mol. The quantitative estimate of drug-likeness (QED) is 0.603. The molecular weight excluding hydrogens is 440 g/mol. The van der Waals surface area contributed by atoms with Crippen LogP contribution in [0.3, 0.4) is 0 Å². The van der Waals surface area contributed by atoms with Crippen molar-refractivity contribution in [3.63, 3.8) is 0 Å². The number of halogens is 1. The van der Waals surface area contributed by atoms with Crippen molar-refractivity contribution in [3.8, 4) is 0 Å². The van der Waals surface area contributed by atoms with Crippen LogP contribution in [0.1, 0.15) is 43.4 Å². The third-order valence-corrected chi connectivity index (χ3v) is 8.13. The maximum absolute atomic E-state index is 6.20. The molecule has 2 aliphatic heterocycles. The SMILES string of the molecule is CC(C)N1CCN(CCNC2CCN(c3cccc(C4=Cc5cc(Cl)ccc5C4)c3)CC2)CC1. The predicted octanol–water partition coefficient (Wildman–Crippen LogP) is 5.02. The second-order valence-corrected chi connectivity index (χ2v) is 10.9. The number of benzene rings is 2. The summed E-state index contributed by atoms with van der Waals surface area (Å²) >= 11 is 6.20. The first-order chi connectivity index (χ1) is 16.5. The van der Waals surface area contributed by atoms with Gasteiger partial charge in [-0.2, -0.15) is 0 Å². The molecule has 0 saturated carbocycles. The lowest BCUT2D eigenvalue weighted by Crippen LogP contribution is -2.51. The summed E-state index contributed by atoms with van der Waals surface area (Å²) in [5, 5.41) is 4.66. The van der Waals surface area contributed by atoms with E-state index in [0.717, 1.165) is 31.1 Å². The van der Waals surface area contributed by atoms with Crippen molar-refractivity contribution in [2.75, 3.05) is 57.3 Å². The van der Waals surface area contributed by atoms with Crippen LogP contribution in [0.5, 0.6) is 0 Å².